The fourth-order valence-electron chi connectivity index (χ4n) is 4.98. The molecule has 3 aliphatic rings. The highest BCUT2D eigenvalue weighted by molar-refractivity contribution is 7.99. The molecule has 4 amide bonds. The number of nitrogens with zero attached hydrogens (tertiary/aromatic N) is 4. The van der Waals surface area contributed by atoms with Crippen molar-refractivity contribution in [3.63, 3.8) is 0 Å². The van der Waals surface area contributed by atoms with Crippen molar-refractivity contribution in [2.24, 2.45) is 0 Å². The van der Waals surface area contributed by atoms with E-state index in [9.17, 15) is 14.4 Å². The monoisotopic (exact) mass is 479 g/mol. The second-order valence-corrected chi connectivity index (χ2v) is 10.1. The third-order valence-electron chi connectivity index (χ3n) is 6.84. The van der Waals surface area contributed by atoms with Gasteiger partial charge in [0.2, 0.25) is 5.91 Å². The van der Waals surface area contributed by atoms with Crippen molar-refractivity contribution in [1.29, 1.82) is 0 Å². The SMILES string of the molecule is O=C(CSc1nnc(-c2c[nH]c3ccccc23)n1C1CC1)NN1C(=O)NC2(CCCCC2)C1=O. The van der Waals surface area contributed by atoms with Crippen LogP contribution in [0, 0.1) is 0 Å². The molecule has 10 nitrogen and oxygen atoms in total. The number of hydrazine groups is 1. The zero-order chi connectivity index (χ0) is 23.3. The quantitative estimate of drug-likeness (QED) is 0.368. The van der Waals surface area contributed by atoms with E-state index in [1.807, 2.05) is 30.5 Å². The maximum atomic E-state index is 12.9. The van der Waals surface area contributed by atoms with Crippen LogP contribution in [0.1, 0.15) is 51.0 Å². The zero-order valence-electron chi connectivity index (χ0n) is 18.5. The maximum Gasteiger partial charge on any atom is 0.344 e. The first-order valence-corrected chi connectivity index (χ1v) is 12.6. The largest absolute Gasteiger partial charge is 0.360 e. The Kier molecular flexibility index (Phi) is 5.09. The molecule has 0 radical (unpaired) electrons. The van der Waals surface area contributed by atoms with Crippen molar-refractivity contribution in [3.05, 3.63) is 30.5 Å². The summed E-state index contributed by atoms with van der Waals surface area (Å²) in [6.45, 7) is 0. The molecule has 1 spiro atoms. The second kappa shape index (κ2) is 8.15. The highest BCUT2D eigenvalue weighted by Gasteiger charge is 2.52. The molecule has 2 saturated carbocycles. The van der Waals surface area contributed by atoms with Crippen LogP contribution in [0.15, 0.2) is 35.6 Å². The van der Waals surface area contributed by atoms with Crippen LogP contribution in [0.3, 0.4) is 0 Å². The summed E-state index contributed by atoms with van der Waals surface area (Å²) in [4.78, 5) is 41.2. The van der Waals surface area contributed by atoms with Gasteiger partial charge in [-0.15, -0.1) is 10.2 Å². The average Bonchev–Trinajstić information content (AvgIpc) is 3.39. The number of urea groups is 1. The van der Waals surface area contributed by atoms with E-state index in [-0.39, 0.29) is 11.7 Å². The third kappa shape index (κ3) is 3.54. The number of hydrogen-bond donors (Lipinski definition) is 3. The van der Waals surface area contributed by atoms with E-state index in [1.54, 1.807) is 0 Å². The van der Waals surface area contributed by atoms with Gasteiger partial charge in [0.1, 0.15) is 5.54 Å². The second-order valence-electron chi connectivity index (χ2n) is 9.19. The third-order valence-corrected chi connectivity index (χ3v) is 7.79. The summed E-state index contributed by atoms with van der Waals surface area (Å²) < 4.78 is 2.10. The van der Waals surface area contributed by atoms with Gasteiger partial charge in [0, 0.05) is 28.7 Å². The van der Waals surface area contributed by atoms with Crippen LogP contribution in [-0.4, -0.2) is 53.9 Å². The van der Waals surface area contributed by atoms with E-state index < -0.39 is 17.5 Å². The minimum Gasteiger partial charge on any atom is -0.360 e. The van der Waals surface area contributed by atoms with E-state index >= 15 is 0 Å². The molecule has 2 aromatic heterocycles. The van der Waals surface area contributed by atoms with Gasteiger partial charge in [0.05, 0.1) is 5.75 Å². The topological polar surface area (TPSA) is 125 Å². The number of aromatic amines is 1. The number of carbonyl (C=O) groups is 3. The molecule has 3 aromatic rings. The molecule has 0 atom stereocenters. The van der Waals surface area contributed by atoms with Gasteiger partial charge in [-0.25, -0.2) is 4.79 Å². The van der Waals surface area contributed by atoms with Crippen LogP contribution in [0.4, 0.5) is 4.79 Å². The standard InChI is InChI=1S/C23H25N7O3S/c31-18(28-30-20(32)23(25-21(30)33)10-4-1-5-11-23)13-34-22-27-26-19(29(22)14-8-9-14)16-12-24-17-7-3-2-6-15(16)17/h2-3,6-7,12,14,24H,1,4-5,8-11,13H2,(H,25,33)(H,28,31). The first-order valence-electron chi connectivity index (χ1n) is 11.7. The van der Waals surface area contributed by atoms with Gasteiger partial charge in [0.25, 0.3) is 5.91 Å². The highest BCUT2D eigenvalue weighted by Crippen LogP contribution is 2.42. The van der Waals surface area contributed by atoms with Crippen LogP contribution < -0.4 is 10.7 Å². The minimum atomic E-state index is -0.865. The van der Waals surface area contributed by atoms with E-state index in [1.165, 1.54) is 11.8 Å². The Morgan fingerprint density at radius 2 is 1.94 bits per heavy atom. The summed E-state index contributed by atoms with van der Waals surface area (Å²) in [7, 11) is 0. The lowest BCUT2D eigenvalue weighted by Crippen LogP contribution is -2.51. The first kappa shape index (κ1) is 21.2. The molecule has 3 N–H and O–H groups in total. The maximum absolute atomic E-state index is 12.9. The molecular formula is C23H25N7O3S. The van der Waals surface area contributed by atoms with Gasteiger partial charge in [-0.3, -0.25) is 19.6 Å². The molecule has 11 heteroatoms. The number of rotatable bonds is 6. The Balaban J connectivity index is 1.17. The van der Waals surface area contributed by atoms with Gasteiger partial charge in [0.15, 0.2) is 11.0 Å². The summed E-state index contributed by atoms with van der Waals surface area (Å²) >= 11 is 1.26. The van der Waals surface area contributed by atoms with Crippen molar-refractivity contribution in [1.82, 2.24) is 35.5 Å². The number of fused-ring (bicyclic) bond motifs is 1. The number of aromatic nitrogens is 4. The number of thioether (sulfide) groups is 1. The van der Waals surface area contributed by atoms with Gasteiger partial charge >= 0.3 is 6.03 Å². The van der Waals surface area contributed by atoms with Crippen LogP contribution in [-0.2, 0) is 9.59 Å². The molecule has 3 fully saturated rings. The molecule has 2 aliphatic carbocycles. The number of imide groups is 1. The Hall–Kier alpha value is -3.34. The predicted octanol–water partition coefficient (Wildman–Crippen LogP) is 3.14. The molecule has 1 saturated heterocycles. The van der Waals surface area contributed by atoms with Crippen LogP contribution in [0.25, 0.3) is 22.3 Å². The molecule has 34 heavy (non-hydrogen) atoms. The molecule has 0 bridgehead atoms. The summed E-state index contributed by atoms with van der Waals surface area (Å²) in [5, 5.41) is 14.2. The van der Waals surface area contributed by atoms with Crippen molar-refractivity contribution in [3.8, 4) is 11.4 Å². The lowest BCUT2D eigenvalue weighted by atomic mass is 9.82. The first-order chi connectivity index (χ1) is 16.6. The van der Waals surface area contributed by atoms with Crippen molar-refractivity contribution in [2.75, 3.05) is 5.75 Å². The summed E-state index contributed by atoms with van der Waals surface area (Å²) in [5.41, 5.74) is 3.63. The Morgan fingerprint density at radius 1 is 1.15 bits per heavy atom. The lowest BCUT2D eigenvalue weighted by molar-refractivity contribution is -0.139. The van der Waals surface area contributed by atoms with Gasteiger partial charge in [-0.1, -0.05) is 49.2 Å². The Morgan fingerprint density at radius 3 is 2.74 bits per heavy atom. The average molecular weight is 480 g/mol. The molecule has 6 rings (SSSR count). The number of nitrogens with one attached hydrogen (secondary N) is 3. The summed E-state index contributed by atoms with van der Waals surface area (Å²) in [5.74, 6) is -0.00198. The van der Waals surface area contributed by atoms with Crippen LogP contribution in [0.2, 0.25) is 0 Å². The number of benzene rings is 1. The van der Waals surface area contributed by atoms with Gasteiger partial charge in [-0.2, -0.15) is 5.01 Å². The van der Waals surface area contributed by atoms with Crippen LogP contribution in [0.5, 0.6) is 0 Å². The lowest BCUT2D eigenvalue weighted by Gasteiger charge is -2.30. The molecule has 3 heterocycles. The number of H-pyrrole nitrogens is 1. The smallest absolute Gasteiger partial charge is 0.344 e. The predicted molar refractivity (Wildman–Crippen MR) is 126 cm³/mol. The summed E-state index contributed by atoms with van der Waals surface area (Å²) in [6, 6.07) is 7.78. The number of carbonyl (C=O) groups excluding carboxylic acids is 3. The molecular weight excluding hydrogens is 454 g/mol. The molecule has 1 aromatic carbocycles. The zero-order valence-corrected chi connectivity index (χ0v) is 19.4. The number of amides is 4. The van der Waals surface area contributed by atoms with Crippen molar-refractivity contribution in [2.45, 2.75) is 61.7 Å². The Bertz CT molecular complexity index is 1290. The van der Waals surface area contributed by atoms with E-state index in [4.69, 9.17) is 0 Å². The van der Waals surface area contributed by atoms with Gasteiger partial charge < -0.3 is 10.3 Å². The van der Waals surface area contributed by atoms with E-state index in [2.05, 4.69) is 30.5 Å². The van der Waals surface area contributed by atoms with E-state index in [0.717, 1.165) is 59.4 Å². The van der Waals surface area contributed by atoms with Crippen molar-refractivity contribution >= 4 is 40.5 Å². The molecule has 176 valence electrons. The van der Waals surface area contributed by atoms with Crippen LogP contribution >= 0.6 is 11.8 Å². The van der Waals surface area contributed by atoms with Crippen molar-refractivity contribution < 1.29 is 14.4 Å². The molecule has 1 aliphatic heterocycles. The number of hydrogen-bond acceptors (Lipinski definition) is 6. The normalized spacial score (nSPS) is 19.7. The fourth-order valence-corrected chi connectivity index (χ4v) is 5.78. The van der Waals surface area contributed by atoms with E-state index in [0.29, 0.717) is 24.0 Å². The Labute approximate surface area is 199 Å². The highest BCUT2D eigenvalue weighted by atomic mass is 32.2. The minimum absolute atomic E-state index is 0.0167. The fraction of sp³-hybridized carbons (Fsp3) is 0.435. The number of para-hydroxylation sites is 1. The molecule has 0 unspecified atom stereocenters. The summed E-state index contributed by atoms with van der Waals surface area (Å²) in [6.07, 6.45) is 8.07. The van der Waals surface area contributed by atoms with Gasteiger partial charge in [-0.05, 0) is 31.7 Å².